The van der Waals surface area contributed by atoms with E-state index in [1.165, 1.54) is 0 Å². The summed E-state index contributed by atoms with van der Waals surface area (Å²) in [4.78, 5) is 14.9. The van der Waals surface area contributed by atoms with E-state index in [1.807, 2.05) is 23.1 Å². The number of piperazine rings is 1. The third kappa shape index (κ3) is 3.39. The van der Waals surface area contributed by atoms with E-state index in [0.29, 0.717) is 37.5 Å². The van der Waals surface area contributed by atoms with Gasteiger partial charge >= 0.3 is 0 Å². The fourth-order valence-corrected chi connectivity index (χ4v) is 6.16. The average Bonchev–Trinajstić information content (AvgIpc) is 3.32. The quantitative estimate of drug-likeness (QED) is 0.650. The Hall–Kier alpha value is -1.39. The van der Waals surface area contributed by atoms with E-state index in [0.717, 1.165) is 24.1 Å². The van der Waals surface area contributed by atoms with Crippen LogP contribution in [0, 0.1) is 0 Å². The highest BCUT2D eigenvalue weighted by molar-refractivity contribution is 7.90. The lowest BCUT2D eigenvalue weighted by Gasteiger charge is -2.38. The summed E-state index contributed by atoms with van der Waals surface area (Å²) in [5.41, 5.74) is 5.18. The zero-order valence-electron chi connectivity index (χ0n) is 15.4. The van der Waals surface area contributed by atoms with E-state index in [4.69, 9.17) is 11.6 Å². The van der Waals surface area contributed by atoms with Crippen LogP contribution in [0.25, 0.3) is 0 Å². The molecule has 0 spiro atoms. The number of hydrogen-bond acceptors (Lipinski definition) is 6. The van der Waals surface area contributed by atoms with Crippen molar-refractivity contribution in [1.29, 1.82) is 0 Å². The second kappa shape index (κ2) is 6.84. The first-order chi connectivity index (χ1) is 13.4. The number of carbonyl (C=O) groups is 1. The van der Waals surface area contributed by atoms with Crippen LogP contribution < -0.4 is 15.5 Å². The molecule has 1 aromatic rings. The van der Waals surface area contributed by atoms with E-state index in [-0.39, 0.29) is 29.4 Å². The molecule has 0 bridgehead atoms. The molecule has 1 saturated carbocycles. The number of amides is 1. The summed E-state index contributed by atoms with van der Waals surface area (Å²) in [6, 6.07) is 5.49. The first-order valence-corrected chi connectivity index (χ1v) is 11.7. The number of benzene rings is 1. The highest BCUT2D eigenvalue weighted by atomic mass is 35.5. The summed E-state index contributed by atoms with van der Waals surface area (Å²) in [5.74, 6) is 0.0777. The largest absolute Gasteiger partial charge is 0.373 e. The molecule has 1 amide bonds. The van der Waals surface area contributed by atoms with Crippen molar-refractivity contribution in [3.05, 3.63) is 28.8 Å². The summed E-state index contributed by atoms with van der Waals surface area (Å²) in [7, 11) is -3.23. The number of fused-ring (bicyclic) bond motifs is 2. The Labute approximate surface area is 169 Å². The fraction of sp³-hybridized carbons (Fsp3) is 0.611. The molecule has 5 rings (SSSR count). The number of anilines is 1. The molecule has 3 N–H and O–H groups in total. The van der Waals surface area contributed by atoms with Gasteiger partial charge in [0.15, 0.2) is 0 Å². The minimum absolute atomic E-state index is 0.0777. The zero-order chi connectivity index (χ0) is 19.5. The molecule has 1 aliphatic carbocycles. The Balaban J connectivity index is 1.20. The molecule has 0 radical (unpaired) electrons. The van der Waals surface area contributed by atoms with Crippen LogP contribution in [0.4, 0.5) is 5.69 Å². The standard InChI is InChI=1S/C18H24ClN5O3S/c19-14-2-1-3-15-13(14)9-16(20-15)18(25)23-6-7-24-11(10-23)8-17(21-24)22-28(26,27)12-4-5-12/h1-3,11-12,16-17,20-22H,4-10H2. The molecular formula is C18H24ClN5O3S. The van der Waals surface area contributed by atoms with Crippen LogP contribution in [0.5, 0.6) is 0 Å². The Morgan fingerprint density at radius 1 is 1.25 bits per heavy atom. The van der Waals surface area contributed by atoms with Crippen molar-refractivity contribution in [3.8, 4) is 0 Å². The molecule has 152 valence electrons. The molecule has 28 heavy (non-hydrogen) atoms. The normalized spacial score (nSPS) is 30.0. The molecule has 3 unspecified atom stereocenters. The Bertz CT molecular complexity index is 906. The topological polar surface area (TPSA) is 93.8 Å². The van der Waals surface area contributed by atoms with Crippen molar-refractivity contribution in [2.75, 3.05) is 25.0 Å². The van der Waals surface area contributed by atoms with Crippen LogP contribution in [0.1, 0.15) is 24.8 Å². The van der Waals surface area contributed by atoms with Crippen molar-refractivity contribution in [2.45, 2.75) is 49.2 Å². The van der Waals surface area contributed by atoms with Gasteiger partial charge in [-0.3, -0.25) is 4.79 Å². The van der Waals surface area contributed by atoms with Crippen molar-refractivity contribution in [1.82, 2.24) is 20.1 Å². The number of carbonyl (C=O) groups excluding carboxylic acids is 1. The maximum Gasteiger partial charge on any atom is 0.245 e. The summed E-state index contributed by atoms with van der Waals surface area (Å²) in [6.07, 6.45) is 2.45. The Morgan fingerprint density at radius 3 is 2.82 bits per heavy atom. The van der Waals surface area contributed by atoms with Gasteiger partial charge in [-0.25, -0.2) is 18.9 Å². The summed E-state index contributed by atoms with van der Waals surface area (Å²) in [6.45, 7) is 1.89. The molecule has 3 atom stereocenters. The Morgan fingerprint density at radius 2 is 2.07 bits per heavy atom. The molecular weight excluding hydrogens is 402 g/mol. The lowest BCUT2D eigenvalue weighted by molar-refractivity contribution is -0.134. The number of hydrazine groups is 1. The Kier molecular flexibility index (Phi) is 4.55. The second-order valence-electron chi connectivity index (χ2n) is 8.08. The third-order valence-electron chi connectivity index (χ3n) is 6.05. The second-order valence-corrected chi connectivity index (χ2v) is 10.5. The van der Waals surface area contributed by atoms with E-state index in [1.54, 1.807) is 0 Å². The molecule has 3 fully saturated rings. The van der Waals surface area contributed by atoms with Gasteiger partial charge in [0.25, 0.3) is 0 Å². The summed E-state index contributed by atoms with van der Waals surface area (Å²) < 4.78 is 27.1. The molecule has 0 aromatic heterocycles. The highest BCUT2D eigenvalue weighted by Gasteiger charge is 2.43. The van der Waals surface area contributed by atoms with Crippen LogP contribution in [0.2, 0.25) is 5.02 Å². The van der Waals surface area contributed by atoms with E-state index in [9.17, 15) is 13.2 Å². The molecule has 3 heterocycles. The van der Waals surface area contributed by atoms with E-state index < -0.39 is 10.0 Å². The molecule has 2 saturated heterocycles. The van der Waals surface area contributed by atoms with Gasteiger partial charge in [0.05, 0.1) is 11.4 Å². The van der Waals surface area contributed by atoms with Gasteiger partial charge < -0.3 is 10.2 Å². The van der Waals surface area contributed by atoms with Crippen molar-refractivity contribution in [2.24, 2.45) is 0 Å². The van der Waals surface area contributed by atoms with Crippen LogP contribution in [-0.2, 0) is 21.2 Å². The number of nitrogens with zero attached hydrogens (tertiary/aromatic N) is 2. The van der Waals surface area contributed by atoms with Crippen molar-refractivity contribution < 1.29 is 13.2 Å². The number of halogens is 1. The number of hydrogen-bond donors (Lipinski definition) is 3. The van der Waals surface area contributed by atoms with Crippen molar-refractivity contribution >= 4 is 33.2 Å². The SMILES string of the molecule is O=C(C1Cc2c(Cl)cccc2N1)N1CCN2NC(NS(=O)(=O)C3CC3)CC2C1. The predicted molar refractivity (Wildman–Crippen MR) is 106 cm³/mol. The van der Waals surface area contributed by atoms with Crippen LogP contribution >= 0.6 is 11.6 Å². The number of rotatable bonds is 4. The minimum atomic E-state index is -3.23. The van der Waals surface area contributed by atoms with Gasteiger partial charge in [-0.15, -0.1) is 0 Å². The smallest absolute Gasteiger partial charge is 0.245 e. The maximum atomic E-state index is 13.0. The zero-order valence-corrected chi connectivity index (χ0v) is 17.0. The van der Waals surface area contributed by atoms with Gasteiger partial charge in [0, 0.05) is 42.8 Å². The number of sulfonamides is 1. The van der Waals surface area contributed by atoms with Gasteiger partial charge in [-0.05, 0) is 37.0 Å². The average molecular weight is 426 g/mol. The molecule has 1 aromatic carbocycles. The van der Waals surface area contributed by atoms with Crippen LogP contribution in [-0.4, -0.2) is 67.4 Å². The first kappa shape index (κ1) is 18.6. The summed E-state index contributed by atoms with van der Waals surface area (Å²) >= 11 is 6.26. The molecule has 4 aliphatic rings. The minimum Gasteiger partial charge on any atom is -0.373 e. The van der Waals surface area contributed by atoms with E-state index >= 15 is 0 Å². The first-order valence-electron chi connectivity index (χ1n) is 9.77. The van der Waals surface area contributed by atoms with Gasteiger partial charge in [-0.1, -0.05) is 17.7 Å². The fourth-order valence-electron chi connectivity index (χ4n) is 4.41. The molecule has 8 nitrogen and oxygen atoms in total. The van der Waals surface area contributed by atoms with Crippen LogP contribution in [0.15, 0.2) is 18.2 Å². The van der Waals surface area contributed by atoms with Gasteiger partial charge in [-0.2, -0.15) is 4.72 Å². The molecule has 10 heteroatoms. The van der Waals surface area contributed by atoms with Gasteiger partial charge in [0.2, 0.25) is 15.9 Å². The lowest BCUT2D eigenvalue weighted by Crippen LogP contribution is -2.57. The van der Waals surface area contributed by atoms with E-state index in [2.05, 4.69) is 20.5 Å². The lowest BCUT2D eigenvalue weighted by atomic mass is 10.1. The molecule has 3 aliphatic heterocycles. The highest BCUT2D eigenvalue weighted by Crippen LogP contribution is 2.33. The predicted octanol–water partition coefficient (Wildman–Crippen LogP) is 0.506. The maximum absolute atomic E-state index is 13.0. The van der Waals surface area contributed by atoms with Gasteiger partial charge in [0.1, 0.15) is 6.04 Å². The monoisotopic (exact) mass is 425 g/mol. The number of nitrogens with one attached hydrogen (secondary N) is 3. The van der Waals surface area contributed by atoms with Crippen LogP contribution in [0.3, 0.4) is 0 Å². The summed E-state index contributed by atoms with van der Waals surface area (Å²) in [5, 5.41) is 5.82. The third-order valence-corrected chi connectivity index (χ3v) is 8.36. The van der Waals surface area contributed by atoms with Crippen molar-refractivity contribution in [3.63, 3.8) is 0 Å².